The van der Waals surface area contributed by atoms with Crippen LogP contribution in [0.2, 0.25) is 5.02 Å². The van der Waals surface area contributed by atoms with Gasteiger partial charge in [-0.05, 0) is 69.8 Å². The number of halogens is 1. The van der Waals surface area contributed by atoms with Gasteiger partial charge in [-0.3, -0.25) is 9.69 Å². The number of piperidine rings is 1. The minimum absolute atomic E-state index is 0.0146. The molecule has 2 aliphatic carbocycles. The Labute approximate surface area is 184 Å². The molecule has 30 heavy (non-hydrogen) atoms. The zero-order chi connectivity index (χ0) is 21.2. The smallest absolute Gasteiger partial charge is 0.251 e. The fourth-order valence-electron chi connectivity index (χ4n) is 4.86. The van der Waals surface area contributed by atoms with E-state index >= 15 is 0 Å². The minimum atomic E-state index is -3.72. The Morgan fingerprint density at radius 1 is 1.07 bits per heavy atom. The summed E-state index contributed by atoms with van der Waals surface area (Å²) >= 11 is 6.15. The third-order valence-corrected chi connectivity index (χ3v) is 8.77. The van der Waals surface area contributed by atoms with Gasteiger partial charge in [-0.15, -0.1) is 0 Å². The van der Waals surface area contributed by atoms with E-state index in [1.165, 1.54) is 50.7 Å². The van der Waals surface area contributed by atoms with Crippen molar-refractivity contribution in [3.63, 3.8) is 0 Å². The van der Waals surface area contributed by atoms with Crippen LogP contribution in [0.1, 0.15) is 74.6 Å². The van der Waals surface area contributed by atoms with Crippen LogP contribution < -0.4 is 10.0 Å². The summed E-state index contributed by atoms with van der Waals surface area (Å²) in [5.41, 5.74) is 0.364. The summed E-state index contributed by atoms with van der Waals surface area (Å²) in [5, 5.41) is 3.26. The molecule has 166 valence electrons. The van der Waals surface area contributed by atoms with E-state index in [-0.39, 0.29) is 27.4 Å². The molecule has 0 bridgehead atoms. The highest BCUT2D eigenvalue weighted by atomic mass is 35.5. The van der Waals surface area contributed by atoms with Crippen LogP contribution in [0.15, 0.2) is 23.1 Å². The molecule has 4 rings (SSSR count). The summed E-state index contributed by atoms with van der Waals surface area (Å²) in [7, 11) is -3.72. The Hall–Kier alpha value is -1.15. The molecule has 1 saturated heterocycles. The van der Waals surface area contributed by atoms with E-state index in [9.17, 15) is 13.2 Å². The van der Waals surface area contributed by atoms with Crippen LogP contribution in [-0.4, -0.2) is 50.4 Å². The van der Waals surface area contributed by atoms with E-state index in [2.05, 4.69) is 14.9 Å². The number of nitrogens with one attached hydrogen (secondary N) is 2. The van der Waals surface area contributed by atoms with Crippen molar-refractivity contribution >= 4 is 27.5 Å². The lowest BCUT2D eigenvalue weighted by molar-refractivity contribution is 0.0326. The van der Waals surface area contributed by atoms with Crippen LogP contribution in [-0.2, 0) is 10.0 Å². The molecular formula is C22H32ClN3O3S. The van der Waals surface area contributed by atoms with Gasteiger partial charge in [0.2, 0.25) is 10.0 Å². The molecule has 8 heteroatoms. The maximum Gasteiger partial charge on any atom is 0.251 e. The van der Waals surface area contributed by atoms with Gasteiger partial charge in [-0.2, -0.15) is 0 Å². The van der Waals surface area contributed by atoms with Crippen molar-refractivity contribution in [1.82, 2.24) is 14.9 Å². The number of sulfonamides is 1. The number of amides is 1. The standard InChI is InChI=1S/C22H32ClN3O3S/c23-19-10-7-17(15-20(19)30(28,29)25-18-8-9-18)21(27)24-16-22(11-3-1-4-12-22)26-13-5-2-6-14-26/h7,10,15,18,25H,1-6,8-9,11-14,16H2,(H,24,27). The summed E-state index contributed by atoms with van der Waals surface area (Å²) in [6, 6.07) is 4.48. The molecule has 0 radical (unpaired) electrons. The molecule has 1 heterocycles. The zero-order valence-electron chi connectivity index (χ0n) is 17.5. The first kappa shape index (κ1) is 22.1. The third-order valence-electron chi connectivity index (χ3n) is 6.77. The highest BCUT2D eigenvalue weighted by molar-refractivity contribution is 7.89. The highest BCUT2D eigenvalue weighted by Gasteiger charge is 2.38. The van der Waals surface area contributed by atoms with Crippen LogP contribution in [0.5, 0.6) is 0 Å². The van der Waals surface area contributed by atoms with Crippen molar-refractivity contribution in [1.29, 1.82) is 0 Å². The minimum Gasteiger partial charge on any atom is -0.350 e. The molecule has 1 aromatic rings. The zero-order valence-corrected chi connectivity index (χ0v) is 19.0. The lowest BCUT2D eigenvalue weighted by Gasteiger charge is -2.48. The largest absolute Gasteiger partial charge is 0.350 e. The molecule has 0 atom stereocenters. The van der Waals surface area contributed by atoms with Gasteiger partial charge >= 0.3 is 0 Å². The van der Waals surface area contributed by atoms with Crippen molar-refractivity contribution in [2.75, 3.05) is 19.6 Å². The van der Waals surface area contributed by atoms with Gasteiger partial charge in [-0.1, -0.05) is 37.3 Å². The Morgan fingerprint density at radius 2 is 1.73 bits per heavy atom. The number of likely N-dealkylation sites (tertiary alicyclic amines) is 1. The molecule has 2 N–H and O–H groups in total. The normalized spacial score (nSPS) is 22.6. The fraction of sp³-hybridized carbons (Fsp3) is 0.682. The molecule has 2 saturated carbocycles. The number of hydrogen-bond acceptors (Lipinski definition) is 4. The van der Waals surface area contributed by atoms with E-state index in [0.717, 1.165) is 38.8 Å². The van der Waals surface area contributed by atoms with Gasteiger partial charge in [0, 0.05) is 23.7 Å². The molecule has 3 aliphatic rings. The van der Waals surface area contributed by atoms with Crippen molar-refractivity contribution < 1.29 is 13.2 Å². The number of benzene rings is 1. The van der Waals surface area contributed by atoms with Crippen LogP contribution >= 0.6 is 11.6 Å². The van der Waals surface area contributed by atoms with Crippen molar-refractivity contribution in [3.8, 4) is 0 Å². The topological polar surface area (TPSA) is 78.5 Å². The molecule has 3 fully saturated rings. The van der Waals surface area contributed by atoms with Gasteiger partial charge < -0.3 is 5.32 Å². The number of carbonyl (C=O) groups excluding carboxylic acids is 1. The molecule has 0 spiro atoms. The van der Waals surface area contributed by atoms with Crippen LogP contribution in [0.3, 0.4) is 0 Å². The van der Waals surface area contributed by atoms with E-state index in [4.69, 9.17) is 11.6 Å². The number of carbonyl (C=O) groups is 1. The molecule has 1 amide bonds. The van der Waals surface area contributed by atoms with E-state index < -0.39 is 10.0 Å². The van der Waals surface area contributed by atoms with E-state index in [1.807, 2.05) is 0 Å². The lowest BCUT2D eigenvalue weighted by Crippen LogP contribution is -2.58. The monoisotopic (exact) mass is 453 g/mol. The fourth-order valence-corrected chi connectivity index (χ4v) is 6.70. The number of rotatable bonds is 7. The Bertz CT molecular complexity index is 874. The molecule has 1 aromatic carbocycles. The molecule has 0 unspecified atom stereocenters. The lowest BCUT2D eigenvalue weighted by atomic mass is 9.79. The summed E-state index contributed by atoms with van der Waals surface area (Å²) in [4.78, 5) is 15.5. The predicted octanol–water partition coefficient (Wildman–Crippen LogP) is 3.70. The highest BCUT2D eigenvalue weighted by Crippen LogP contribution is 2.35. The van der Waals surface area contributed by atoms with Crippen molar-refractivity contribution in [2.24, 2.45) is 0 Å². The van der Waals surface area contributed by atoms with E-state index in [0.29, 0.717) is 12.1 Å². The van der Waals surface area contributed by atoms with Crippen molar-refractivity contribution in [2.45, 2.75) is 80.7 Å². The molecular weight excluding hydrogens is 422 g/mol. The average Bonchev–Trinajstić information content (AvgIpc) is 3.57. The summed E-state index contributed by atoms with van der Waals surface area (Å²) < 4.78 is 27.8. The first-order valence-corrected chi connectivity index (χ1v) is 13.1. The quantitative estimate of drug-likeness (QED) is 0.659. The maximum atomic E-state index is 12.9. The number of nitrogens with zero attached hydrogens (tertiary/aromatic N) is 1. The van der Waals surface area contributed by atoms with Crippen LogP contribution in [0.4, 0.5) is 0 Å². The Morgan fingerprint density at radius 3 is 2.40 bits per heavy atom. The first-order chi connectivity index (χ1) is 14.4. The molecule has 0 aromatic heterocycles. The Balaban J connectivity index is 1.48. The predicted molar refractivity (Wildman–Crippen MR) is 118 cm³/mol. The summed E-state index contributed by atoms with van der Waals surface area (Å²) in [6.07, 6.45) is 11.3. The van der Waals surface area contributed by atoms with Gasteiger partial charge in [0.1, 0.15) is 4.90 Å². The molecule has 1 aliphatic heterocycles. The van der Waals surface area contributed by atoms with Crippen LogP contribution in [0, 0.1) is 0 Å². The Kier molecular flexibility index (Phi) is 6.73. The van der Waals surface area contributed by atoms with Crippen LogP contribution in [0.25, 0.3) is 0 Å². The second-order valence-corrected chi connectivity index (χ2v) is 11.1. The van der Waals surface area contributed by atoms with Gasteiger partial charge in [-0.25, -0.2) is 13.1 Å². The van der Waals surface area contributed by atoms with Gasteiger partial charge in [0.15, 0.2) is 0 Å². The third kappa shape index (κ3) is 5.01. The average molecular weight is 454 g/mol. The van der Waals surface area contributed by atoms with E-state index in [1.54, 1.807) is 6.07 Å². The second kappa shape index (κ2) is 9.15. The van der Waals surface area contributed by atoms with Crippen molar-refractivity contribution in [3.05, 3.63) is 28.8 Å². The SMILES string of the molecule is O=C(NCC1(N2CCCCC2)CCCCC1)c1ccc(Cl)c(S(=O)(=O)NC2CC2)c1. The first-order valence-electron chi connectivity index (χ1n) is 11.2. The van der Waals surface area contributed by atoms with Gasteiger partial charge in [0.25, 0.3) is 5.91 Å². The second-order valence-electron chi connectivity index (χ2n) is 9.06. The molecule has 6 nitrogen and oxygen atoms in total. The summed E-state index contributed by atoms with van der Waals surface area (Å²) in [6.45, 7) is 2.81. The maximum absolute atomic E-state index is 12.9. The van der Waals surface area contributed by atoms with Gasteiger partial charge in [0.05, 0.1) is 5.02 Å². The number of hydrogen-bond donors (Lipinski definition) is 2. The summed E-state index contributed by atoms with van der Waals surface area (Å²) in [5.74, 6) is -0.239.